The molecule has 2 saturated heterocycles. The summed E-state index contributed by atoms with van der Waals surface area (Å²) in [6, 6.07) is -1.01. The van der Waals surface area contributed by atoms with Crippen LogP contribution in [-0.2, 0) is 27.9 Å². The van der Waals surface area contributed by atoms with Crippen LogP contribution in [0.5, 0.6) is 5.88 Å². The Morgan fingerprint density at radius 3 is 2.86 bits per heavy atom. The van der Waals surface area contributed by atoms with E-state index in [0.29, 0.717) is 6.61 Å². The Morgan fingerprint density at radius 2 is 2.17 bits per heavy atom. The highest BCUT2D eigenvalue weighted by Crippen LogP contribution is 2.57. The van der Waals surface area contributed by atoms with Crippen LogP contribution in [0.4, 0.5) is 10.3 Å². The van der Waals surface area contributed by atoms with Crippen molar-refractivity contribution >= 4 is 30.8 Å². The summed E-state index contributed by atoms with van der Waals surface area (Å²) in [5, 5.41) is 2.52. The number of carbonyl (C=O) groups excluding carboxylic acids is 1. The molecule has 0 radical (unpaired) electrons. The number of nitrogen functional groups attached to an aromatic ring is 1. The molecule has 0 amide bonds. The SMILES string of the molecule is CCOc1nc(N)nc2c1ncn2[C@@H]1O[C@@H]2COP(=O)(N[C@H](C)C(=O)OCC(C)C)O[C@H]2[C@@]1(C)F. The number of nitrogens with two attached hydrogens (primary N) is 1. The number of aromatic nitrogens is 4. The van der Waals surface area contributed by atoms with E-state index in [4.69, 9.17) is 29.0 Å². The van der Waals surface area contributed by atoms with E-state index in [1.165, 1.54) is 24.7 Å². The molecule has 2 aliphatic rings. The van der Waals surface area contributed by atoms with Crippen molar-refractivity contribution in [3.8, 4) is 5.88 Å². The van der Waals surface area contributed by atoms with E-state index in [9.17, 15) is 9.36 Å². The third-order valence-electron chi connectivity index (χ3n) is 5.55. The summed E-state index contributed by atoms with van der Waals surface area (Å²) >= 11 is 0. The van der Waals surface area contributed by atoms with Crippen LogP contribution in [0.1, 0.15) is 40.8 Å². The first-order chi connectivity index (χ1) is 16.4. The highest BCUT2D eigenvalue weighted by atomic mass is 31.2. The predicted molar refractivity (Wildman–Crippen MR) is 121 cm³/mol. The van der Waals surface area contributed by atoms with Crippen molar-refractivity contribution in [1.82, 2.24) is 24.6 Å². The Kier molecular flexibility index (Phi) is 7.04. The summed E-state index contributed by atoms with van der Waals surface area (Å²) in [6.07, 6.45) is -2.08. The Bertz CT molecular complexity index is 1140. The number of imidazole rings is 1. The van der Waals surface area contributed by atoms with E-state index in [0.717, 1.165) is 0 Å². The van der Waals surface area contributed by atoms with Gasteiger partial charge in [-0.05, 0) is 26.7 Å². The molecule has 1 unspecified atom stereocenters. The number of nitrogens with zero attached hydrogens (tertiary/aromatic N) is 4. The molecule has 2 aromatic rings. The lowest BCUT2D eigenvalue weighted by Gasteiger charge is -2.35. The number of carbonyl (C=O) groups is 1. The van der Waals surface area contributed by atoms with E-state index >= 15 is 4.39 Å². The molecule has 4 rings (SSSR count). The Morgan fingerprint density at radius 1 is 1.43 bits per heavy atom. The summed E-state index contributed by atoms with van der Waals surface area (Å²) in [7, 11) is -4.06. The zero-order valence-electron chi connectivity index (χ0n) is 20.1. The summed E-state index contributed by atoms with van der Waals surface area (Å²) in [5.41, 5.74) is 4.11. The van der Waals surface area contributed by atoms with Crippen LogP contribution in [0.3, 0.4) is 0 Å². The van der Waals surface area contributed by atoms with E-state index in [1.807, 2.05) is 13.8 Å². The van der Waals surface area contributed by atoms with Crippen LogP contribution in [0, 0.1) is 5.92 Å². The molecule has 0 bridgehead atoms. The topological polar surface area (TPSA) is 162 Å². The lowest BCUT2D eigenvalue weighted by atomic mass is 9.98. The smallest absolute Gasteiger partial charge is 0.406 e. The van der Waals surface area contributed by atoms with Gasteiger partial charge in [0.2, 0.25) is 11.8 Å². The third kappa shape index (κ3) is 4.98. The molecule has 0 aromatic carbocycles. The quantitative estimate of drug-likeness (QED) is 0.389. The Hall–Kier alpha value is -2.38. The van der Waals surface area contributed by atoms with Gasteiger partial charge in [0.25, 0.3) is 0 Å². The minimum Gasteiger partial charge on any atom is -0.476 e. The van der Waals surface area contributed by atoms with E-state index in [2.05, 4.69) is 20.0 Å². The van der Waals surface area contributed by atoms with E-state index in [1.54, 1.807) is 6.92 Å². The van der Waals surface area contributed by atoms with Crippen molar-refractivity contribution < 1.29 is 37.0 Å². The van der Waals surface area contributed by atoms with Crippen LogP contribution in [-0.4, -0.2) is 69.2 Å². The molecule has 2 aromatic heterocycles. The number of halogens is 1. The first kappa shape index (κ1) is 25.7. The van der Waals surface area contributed by atoms with Crippen LogP contribution in [0.15, 0.2) is 6.33 Å². The van der Waals surface area contributed by atoms with Crippen molar-refractivity contribution in [2.45, 2.75) is 64.8 Å². The minimum atomic E-state index is -4.06. The van der Waals surface area contributed by atoms with Crippen molar-refractivity contribution in [2.24, 2.45) is 5.92 Å². The summed E-state index contributed by atoms with van der Waals surface area (Å²) in [6.45, 7) is 8.57. The molecular weight excluding hydrogens is 486 g/mol. The van der Waals surface area contributed by atoms with Gasteiger partial charge in [-0.15, -0.1) is 0 Å². The lowest BCUT2D eigenvalue weighted by Crippen LogP contribution is -2.47. The average molecular weight is 516 g/mol. The molecule has 15 heteroatoms. The molecule has 2 fully saturated rings. The molecule has 0 saturated carbocycles. The second kappa shape index (κ2) is 9.58. The third-order valence-corrected chi connectivity index (χ3v) is 7.24. The minimum absolute atomic E-state index is 0.0784. The summed E-state index contributed by atoms with van der Waals surface area (Å²) in [5.74, 6) is -0.407. The largest absolute Gasteiger partial charge is 0.476 e. The van der Waals surface area contributed by atoms with Gasteiger partial charge in [0.1, 0.15) is 18.2 Å². The maximum absolute atomic E-state index is 16.2. The number of nitrogens with one attached hydrogen (secondary N) is 1. The fourth-order valence-electron chi connectivity index (χ4n) is 3.91. The molecule has 4 heterocycles. The van der Waals surface area contributed by atoms with Gasteiger partial charge in [0.15, 0.2) is 23.1 Å². The van der Waals surface area contributed by atoms with E-state index in [-0.39, 0.29) is 42.1 Å². The highest BCUT2D eigenvalue weighted by Gasteiger charge is 2.61. The number of rotatable bonds is 8. The lowest BCUT2D eigenvalue weighted by molar-refractivity contribution is -0.146. The number of hydrogen-bond donors (Lipinski definition) is 2. The molecule has 0 spiro atoms. The number of esters is 1. The van der Waals surface area contributed by atoms with Gasteiger partial charge in [-0.25, -0.2) is 19.0 Å². The van der Waals surface area contributed by atoms with Crippen LogP contribution in [0.2, 0.25) is 0 Å². The van der Waals surface area contributed by atoms with Gasteiger partial charge in [0.05, 0.1) is 26.1 Å². The first-order valence-electron chi connectivity index (χ1n) is 11.3. The number of fused-ring (bicyclic) bond motifs is 2. The molecule has 194 valence electrons. The molecule has 0 aliphatic carbocycles. The number of anilines is 1. The predicted octanol–water partition coefficient (Wildman–Crippen LogP) is 2.13. The van der Waals surface area contributed by atoms with Crippen molar-refractivity contribution in [3.63, 3.8) is 0 Å². The highest BCUT2D eigenvalue weighted by molar-refractivity contribution is 7.51. The monoisotopic (exact) mass is 516 g/mol. The van der Waals surface area contributed by atoms with E-state index < -0.39 is 43.9 Å². The van der Waals surface area contributed by atoms with Gasteiger partial charge in [0, 0.05) is 0 Å². The Balaban J connectivity index is 1.55. The zero-order chi connectivity index (χ0) is 25.5. The van der Waals surface area contributed by atoms with Crippen molar-refractivity contribution in [3.05, 3.63) is 6.33 Å². The molecule has 2 aliphatic heterocycles. The Labute approximate surface area is 201 Å². The summed E-state index contributed by atoms with van der Waals surface area (Å²) in [4.78, 5) is 24.6. The van der Waals surface area contributed by atoms with Gasteiger partial charge < -0.3 is 19.9 Å². The number of ether oxygens (including phenoxy) is 3. The van der Waals surface area contributed by atoms with Gasteiger partial charge in [-0.2, -0.15) is 9.97 Å². The maximum Gasteiger partial charge on any atom is 0.406 e. The van der Waals surface area contributed by atoms with Crippen LogP contribution >= 0.6 is 7.75 Å². The second-order valence-corrected chi connectivity index (χ2v) is 10.7. The zero-order valence-corrected chi connectivity index (χ0v) is 21.0. The molecule has 13 nitrogen and oxygen atoms in total. The fraction of sp³-hybridized carbons (Fsp3) is 0.700. The molecule has 35 heavy (non-hydrogen) atoms. The molecule has 3 N–H and O–H groups in total. The van der Waals surface area contributed by atoms with Crippen LogP contribution < -0.4 is 15.6 Å². The first-order valence-corrected chi connectivity index (χ1v) is 12.8. The molecule has 6 atom stereocenters. The second-order valence-electron chi connectivity index (χ2n) is 9.02. The van der Waals surface area contributed by atoms with Gasteiger partial charge in [-0.1, -0.05) is 13.8 Å². The van der Waals surface area contributed by atoms with Gasteiger partial charge in [-0.3, -0.25) is 18.4 Å². The maximum atomic E-state index is 16.2. The van der Waals surface area contributed by atoms with Gasteiger partial charge >= 0.3 is 13.7 Å². The standard InChI is InChI=1S/C20H30FN6O7P/c1-6-30-16-13-15(24-19(22)25-16)27(9-23-13)18-20(5,21)14-12(33-18)8-32-35(29,34-14)26-11(4)17(28)31-7-10(2)3/h9-12,14,18H,6-8H2,1-5H3,(H,26,29)(H2,22,24,25)/t11-,12-,14-,18-,20-,35?/m1/s1. The normalized spacial score (nSPS) is 31.5. The average Bonchev–Trinajstić information content (AvgIpc) is 3.30. The van der Waals surface area contributed by atoms with Crippen LogP contribution in [0.25, 0.3) is 11.2 Å². The van der Waals surface area contributed by atoms with Crippen molar-refractivity contribution in [2.75, 3.05) is 25.6 Å². The van der Waals surface area contributed by atoms with Crippen molar-refractivity contribution in [1.29, 1.82) is 0 Å². The molecular formula is C20H30FN6O7P. The fourth-order valence-corrected chi connectivity index (χ4v) is 5.67. The summed E-state index contributed by atoms with van der Waals surface area (Å²) < 4.78 is 58.3. The number of alkyl halides is 1. The number of hydrogen-bond acceptors (Lipinski definition) is 11.